The molecule has 0 aliphatic heterocycles. The second-order valence-corrected chi connectivity index (χ2v) is 4.80. The Morgan fingerprint density at radius 2 is 1.76 bits per heavy atom. The van der Waals surface area contributed by atoms with Crippen LogP contribution in [0.3, 0.4) is 0 Å². The van der Waals surface area contributed by atoms with Crippen molar-refractivity contribution in [2.75, 3.05) is 20.8 Å². The summed E-state index contributed by atoms with van der Waals surface area (Å²) in [5, 5.41) is 0. The lowest BCUT2D eigenvalue weighted by atomic mass is 10.3. The molecule has 0 aliphatic carbocycles. The van der Waals surface area contributed by atoms with Crippen molar-refractivity contribution < 1.29 is 19.0 Å². The van der Waals surface area contributed by atoms with Gasteiger partial charge in [0.25, 0.3) is 0 Å². The number of ether oxygens (including phenoxy) is 3. The van der Waals surface area contributed by atoms with Crippen LogP contribution in [0.5, 0.6) is 11.5 Å². The molecule has 1 aromatic carbocycles. The molecule has 0 aliphatic rings. The topological polar surface area (TPSA) is 44.8 Å². The maximum Gasteiger partial charge on any atom is 0.308 e. The van der Waals surface area contributed by atoms with Crippen LogP contribution in [0.4, 0.5) is 0 Å². The first-order valence-electron chi connectivity index (χ1n) is 4.81. The Morgan fingerprint density at radius 3 is 2.35 bits per heavy atom. The fraction of sp³-hybridized carbons (Fsp3) is 0.364. The number of halogens is 2. The Kier molecular flexibility index (Phi) is 5.77. The third kappa shape index (κ3) is 4.20. The summed E-state index contributed by atoms with van der Waals surface area (Å²) in [6.07, 6.45) is 0.215. The van der Waals surface area contributed by atoms with E-state index in [1.807, 2.05) is 0 Å². The number of esters is 1. The second kappa shape index (κ2) is 6.86. The number of benzene rings is 1. The van der Waals surface area contributed by atoms with Gasteiger partial charge in [0.2, 0.25) is 0 Å². The molecule has 94 valence electrons. The molecule has 0 aromatic heterocycles. The van der Waals surface area contributed by atoms with E-state index in [-0.39, 0.29) is 19.0 Å². The molecule has 6 heteroatoms. The van der Waals surface area contributed by atoms with E-state index in [9.17, 15) is 4.79 Å². The monoisotopic (exact) mass is 366 g/mol. The zero-order chi connectivity index (χ0) is 12.8. The average molecular weight is 368 g/mol. The van der Waals surface area contributed by atoms with Gasteiger partial charge in [0.1, 0.15) is 11.5 Å². The maximum absolute atomic E-state index is 10.9. The summed E-state index contributed by atoms with van der Waals surface area (Å²) in [5.41, 5.74) is 0. The van der Waals surface area contributed by atoms with Crippen molar-refractivity contribution in [3.8, 4) is 11.5 Å². The number of rotatable bonds is 5. The van der Waals surface area contributed by atoms with Gasteiger partial charge < -0.3 is 14.2 Å². The Hall–Kier alpha value is -0.750. The summed E-state index contributed by atoms with van der Waals surface area (Å²) in [6.45, 7) is 0.268. The smallest absolute Gasteiger partial charge is 0.308 e. The lowest BCUT2D eigenvalue weighted by Gasteiger charge is -2.10. The van der Waals surface area contributed by atoms with Gasteiger partial charge in [0, 0.05) is 0 Å². The van der Waals surface area contributed by atoms with Gasteiger partial charge in [-0.1, -0.05) is 0 Å². The minimum absolute atomic E-state index is 0.215. The quantitative estimate of drug-likeness (QED) is 0.750. The van der Waals surface area contributed by atoms with Crippen LogP contribution < -0.4 is 9.47 Å². The van der Waals surface area contributed by atoms with E-state index in [1.165, 1.54) is 7.11 Å². The van der Waals surface area contributed by atoms with E-state index in [4.69, 9.17) is 9.47 Å². The molecule has 0 radical (unpaired) electrons. The molecule has 17 heavy (non-hydrogen) atoms. The van der Waals surface area contributed by atoms with Crippen LogP contribution in [0.2, 0.25) is 0 Å². The van der Waals surface area contributed by atoms with E-state index in [2.05, 4.69) is 36.6 Å². The summed E-state index contributed by atoms with van der Waals surface area (Å²) in [5.74, 6) is 1.05. The fourth-order valence-electron chi connectivity index (χ4n) is 1.12. The zero-order valence-corrected chi connectivity index (χ0v) is 12.6. The van der Waals surface area contributed by atoms with Crippen molar-refractivity contribution in [2.24, 2.45) is 0 Å². The predicted molar refractivity (Wildman–Crippen MR) is 70.5 cm³/mol. The number of carbonyl (C=O) groups excluding carboxylic acids is 1. The summed E-state index contributed by atoms with van der Waals surface area (Å²) in [6, 6.07) is 3.57. The minimum Gasteiger partial charge on any atom is -0.496 e. The average Bonchev–Trinajstić information content (AvgIpc) is 2.32. The summed E-state index contributed by atoms with van der Waals surface area (Å²) >= 11 is 6.72. The SMILES string of the molecule is COC(=O)CCOc1cc(Br)c(OC)cc1Br. The molecule has 1 rings (SSSR count). The molecule has 0 amide bonds. The zero-order valence-electron chi connectivity index (χ0n) is 9.46. The molecular formula is C11H12Br2O4. The molecule has 0 atom stereocenters. The Morgan fingerprint density at radius 1 is 1.18 bits per heavy atom. The van der Waals surface area contributed by atoms with Crippen LogP contribution in [-0.4, -0.2) is 26.8 Å². The summed E-state index contributed by atoms with van der Waals surface area (Å²) < 4.78 is 16.7. The van der Waals surface area contributed by atoms with Gasteiger partial charge in [-0.2, -0.15) is 0 Å². The predicted octanol–water partition coefficient (Wildman–Crippen LogP) is 3.16. The lowest BCUT2D eigenvalue weighted by molar-refractivity contribution is -0.141. The maximum atomic E-state index is 10.9. The van der Waals surface area contributed by atoms with E-state index in [1.54, 1.807) is 19.2 Å². The van der Waals surface area contributed by atoms with E-state index >= 15 is 0 Å². The molecule has 0 fully saturated rings. The first-order valence-corrected chi connectivity index (χ1v) is 6.39. The van der Waals surface area contributed by atoms with Crippen molar-refractivity contribution in [1.29, 1.82) is 0 Å². The number of carbonyl (C=O) groups is 1. The second-order valence-electron chi connectivity index (χ2n) is 3.09. The van der Waals surface area contributed by atoms with E-state index < -0.39 is 0 Å². The molecule has 0 N–H and O–H groups in total. The van der Waals surface area contributed by atoms with E-state index in [0.717, 1.165) is 8.95 Å². The van der Waals surface area contributed by atoms with Gasteiger partial charge in [-0.25, -0.2) is 0 Å². The Balaban J connectivity index is 2.65. The standard InChI is InChI=1S/C11H12Br2O4/c1-15-9-5-8(13)10(6-7(9)12)17-4-3-11(14)16-2/h5-6H,3-4H2,1-2H3. The third-order valence-corrected chi connectivity index (χ3v) is 3.24. The number of hydrogen-bond donors (Lipinski definition) is 0. The molecule has 0 saturated heterocycles. The highest BCUT2D eigenvalue weighted by Gasteiger charge is 2.09. The van der Waals surface area contributed by atoms with Crippen LogP contribution in [-0.2, 0) is 9.53 Å². The van der Waals surface area contributed by atoms with Crippen molar-refractivity contribution in [1.82, 2.24) is 0 Å². The van der Waals surface area contributed by atoms with Crippen LogP contribution in [0, 0.1) is 0 Å². The highest BCUT2D eigenvalue weighted by atomic mass is 79.9. The number of methoxy groups -OCH3 is 2. The highest BCUT2D eigenvalue weighted by molar-refractivity contribution is 9.11. The molecule has 0 saturated carbocycles. The summed E-state index contributed by atoms with van der Waals surface area (Å²) in [7, 11) is 2.94. The van der Waals surface area contributed by atoms with Gasteiger partial charge in [0.05, 0.1) is 36.2 Å². The first kappa shape index (κ1) is 14.3. The van der Waals surface area contributed by atoms with Crippen molar-refractivity contribution >= 4 is 37.8 Å². The van der Waals surface area contributed by atoms with Gasteiger partial charge >= 0.3 is 5.97 Å². The van der Waals surface area contributed by atoms with Crippen LogP contribution in [0.25, 0.3) is 0 Å². The fourth-order valence-corrected chi connectivity index (χ4v) is 2.04. The van der Waals surface area contributed by atoms with Gasteiger partial charge in [-0.05, 0) is 44.0 Å². The molecule has 1 aromatic rings. The van der Waals surface area contributed by atoms with Gasteiger partial charge in [-0.3, -0.25) is 4.79 Å². The van der Waals surface area contributed by atoms with Crippen molar-refractivity contribution in [3.63, 3.8) is 0 Å². The highest BCUT2D eigenvalue weighted by Crippen LogP contribution is 2.35. The molecule has 0 unspecified atom stereocenters. The molecule has 0 bridgehead atoms. The minimum atomic E-state index is -0.298. The van der Waals surface area contributed by atoms with E-state index in [0.29, 0.717) is 11.5 Å². The van der Waals surface area contributed by atoms with Gasteiger partial charge in [-0.15, -0.1) is 0 Å². The van der Waals surface area contributed by atoms with Crippen LogP contribution in [0.1, 0.15) is 6.42 Å². The Bertz CT molecular complexity index is 407. The van der Waals surface area contributed by atoms with Crippen LogP contribution in [0.15, 0.2) is 21.1 Å². The largest absolute Gasteiger partial charge is 0.496 e. The Labute approximate surface area is 116 Å². The van der Waals surface area contributed by atoms with Gasteiger partial charge in [0.15, 0.2) is 0 Å². The molecule has 0 heterocycles. The van der Waals surface area contributed by atoms with Crippen molar-refractivity contribution in [2.45, 2.75) is 6.42 Å². The molecule has 4 nitrogen and oxygen atoms in total. The number of hydrogen-bond acceptors (Lipinski definition) is 4. The molecular weight excluding hydrogens is 356 g/mol. The molecule has 0 spiro atoms. The van der Waals surface area contributed by atoms with Crippen molar-refractivity contribution in [3.05, 3.63) is 21.1 Å². The third-order valence-electron chi connectivity index (χ3n) is 2.00. The van der Waals surface area contributed by atoms with Crippen LogP contribution >= 0.6 is 31.9 Å². The normalized spacial score (nSPS) is 9.88. The first-order chi connectivity index (χ1) is 8.08. The summed E-state index contributed by atoms with van der Waals surface area (Å²) in [4.78, 5) is 10.9. The lowest BCUT2D eigenvalue weighted by Crippen LogP contribution is -2.07.